The van der Waals surface area contributed by atoms with E-state index in [4.69, 9.17) is 5.11 Å². The molecule has 1 rings (SSSR count). The highest BCUT2D eigenvalue weighted by Crippen LogP contribution is 2.26. The van der Waals surface area contributed by atoms with Gasteiger partial charge in [0.1, 0.15) is 0 Å². The van der Waals surface area contributed by atoms with Gasteiger partial charge in [0.05, 0.1) is 0 Å². The summed E-state index contributed by atoms with van der Waals surface area (Å²) in [5.41, 5.74) is 0.405. The molecule has 0 saturated carbocycles. The number of aliphatic hydroxyl groups excluding tert-OH is 1. The average Bonchev–Trinajstić information content (AvgIpc) is 2.32. The first-order valence-electron chi connectivity index (χ1n) is 4.85. The number of aliphatic hydroxyl groups is 1. The van der Waals surface area contributed by atoms with Gasteiger partial charge in [0.2, 0.25) is 0 Å². The first kappa shape index (κ1) is 10.0. The van der Waals surface area contributed by atoms with Crippen LogP contribution in [0.4, 0.5) is 0 Å². The number of hydrogen-bond acceptors (Lipinski definition) is 2. The molecule has 0 aromatic heterocycles. The first-order valence-corrected chi connectivity index (χ1v) is 4.85. The van der Waals surface area contributed by atoms with E-state index in [0.29, 0.717) is 24.0 Å². The monoisotopic (exact) mass is 171 g/mol. The number of hydrogen-bond donors (Lipinski definition) is 2. The van der Waals surface area contributed by atoms with Crippen LogP contribution < -0.4 is 5.32 Å². The molecule has 0 spiro atoms. The summed E-state index contributed by atoms with van der Waals surface area (Å²) < 4.78 is 0. The highest BCUT2D eigenvalue weighted by atomic mass is 16.3. The lowest BCUT2D eigenvalue weighted by atomic mass is 9.87. The topological polar surface area (TPSA) is 32.3 Å². The standard InChI is InChI=1S/C10H21NO/c1-10(2,3)5-9-4-8(7-12)6-11-9/h8-9,11-12H,4-7H2,1-3H3. The summed E-state index contributed by atoms with van der Waals surface area (Å²) in [6.07, 6.45) is 2.36. The Kier molecular flexibility index (Phi) is 3.13. The van der Waals surface area contributed by atoms with Crippen molar-refractivity contribution in [2.75, 3.05) is 13.2 Å². The van der Waals surface area contributed by atoms with Crippen molar-refractivity contribution in [1.29, 1.82) is 0 Å². The molecule has 1 fully saturated rings. The summed E-state index contributed by atoms with van der Waals surface area (Å²) >= 11 is 0. The molecule has 0 aromatic rings. The molecular weight excluding hydrogens is 150 g/mol. The van der Waals surface area contributed by atoms with Crippen LogP contribution in [-0.2, 0) is 0 Å². The molecule has 0 amide bonds. The molecule has 2 nitrogen and oxygen atoms in total. The van der Waals surface area contributed by atoms with E-state index in [1.165, 1.54) is 6.42 Å². The van der Waals surface area contributed by atoms with Gasteiger partial charge in [-0.3, -0.25) is 0 Å². The Morgan fingerprint density at radius 1 is 1.42 bits per heavy atom. The summed E-state index contributed by atoms with van der Waals surface area (Å²) in [4.78, 5) is 0. The third-order valence-electron chi connectivity index (χ3n) is 2.43. The van der Waals surface area contributed by atoms with Gasteiger partial charge in [0.25, 0.3) is 0 Å². The van der Waals surface area contributed by atoms with Gasteiger partial charge in [0.15, 0.2) is 0 Å². The van der Waals surface area contributed by atoms with Crippen LogP contribution in [0.1, 0.15) is 33.6 Å². The van der Waals surface area contributed by atoms with Gasteiger partial charge in [-0.25, -0.2) is 0 Å². The molecule has 1 heterocycles. The fourth-order valence-corrected chi connectivity index (χ4v) is 1.94. The van der Waals surface area contributed by atoms with Gasteiger partial charge in [-0.05, 0) is 24.2 Å². The normalized spacial score (nSPS) is 31.0. The summed E-state index contributed by atoms with van der Waals surface area (Å²) in [5, 5.41) is 12.4. The Morgan fingerprint density at radius 2 is 2.08 bits per heavy atom. The molecule has 72 valence electrons. The van der Waals surface area contributed by atoms with Gasteiger partial charge in [-0.15, -0.1) is 0 Å². The minimum absolute atomic E-state index is 0.341. The zero-order valence-electron chi connectivity index (χ0n) is 8.43. The minimum atomic E-state index is 0.341. The fraction of sp³-hybridized carbons (Fsp3) is 1.00. The summed E-state index contributed by atoms with van der Waals surface area (Å²) in [5.74, 6) is 0.498. The molecule has 0 aliphatic carbocycles. The van der Waals surface area contributed by atoms with E-state index < -0.39 is 0 Å². The van der Waals surface area contributed by atoms with Crippen molar-refractivity contribution in [3.63, 3.8) is 0 Å². The Bertz CT molecular complexity index is 139. The van der Waals surface area contributed by atoms with Crippen LogP contribution in [0.3, 0.4) is 0 Å². The maximum Gasteiger partial charge on any atom is 0.0471 e. The Labute approximate surface area is 75.4 Å². The van der Waals surface area contributed by atoms with Crippen molar-refractivity contribution < 1.29 is 5.11 Å². The van der Waals surface area contributed by atoms with Crippen LogP contribution in [-0.4, -0.2) is 24.3 Å². The minimum Gasteiger partial charge on any atom is -0.396 e. The third-order valence-corrected chi connectivity index (χ3v) is 2.43. The second-order valence-electron chi connectivity index (χ2n) is 5.15. The molecule has 0 radical (unpaired) electrons. The smallest absolute Gasteiger partial charge is 0.0471 e. The van der Waals surface area contributed by atoms with E-state index in [-0.39, 0.29) is 0 Å². The lowest BCUT2D eigenvalue weighted by Crippen LogP contribution is -2.26. The second kappa shape index (κ2) is 3.75. The molecule has 2 unspecified atom stereocenters. The molecule has 1 aliphatic heterocycles. The van der Waals surface area contributed by atoms with E-state index >= 15 is 0 Å². The van der Waals surface area contributed by atoms with Crippen LogP contribution in [0.15, 0.2) is 0 Å². The lowest BCUT2D eigenvalue weighted by Gasteiger charge is -2.22. The highest BCUT2D eigenvalue weighted by molar-refractivity contribution is 4.84. The van der Waals surface area contributed by atoms with Crippen LogP contribution in [0.5, 0.6) is 0 Å². The largest absolute Gasteiger partial charge is 0.396 e. The van der Waals surface area contributed by atoms with Crippen molar-refractivity contribution in [3.05, 3.63) is 0 Å². The van der Waals surface area contributed by atoms with Gasteiger partial charge < -0.3 is 10.4 Å². The number of rotatable bonds is 2. The van der Waals surface area contributed by atoms with Crippen molar-refractivity contribution in [3.8, 4) is 0 Å². The Morgan fingerprint density at radius 3 is 2.50 bits per heavy atom. The maximum absolute atomic E-state index is 8.94. The predicted molar refractivity (Wildman–Crippen MR) is 51.1 cm³/mol. The summed E-state index contributed by atoms with van der Waals surface area (Å²) in [6, 6.07) is 0.627. The van der Waals surface area contributed by atoms with E-state index in [1.54, 1.807) is 0 Å². The van der Waals surface area contributed by atoms with E-state index in [0.717, 1.165) is 13.0 Å². The van der Waals surface area contributed by atoms with Crippen LogP contribution in [0, 0.1) is 11.3 Å². The van der Waals surface area contributed by atoms with Crippen LogP contribution >= 0.6 is 0 Å². The molecule has 2 atom stereocenters. The molecule has 0 bridgehead atoms. The molecule has 2 heteroatoms. The van der Waals surface area contributed by atoms with Gasteiger partial charge in [0, 0.05) is 19.2 Å². The first-order chi connectivity index (χ1) is 5.51. The SMILES string of the molecule is CC(C)(C)CC1CC(CO)CN1. The van der Waals surface area contributed by atoms with Crippen LogP contribution in [0.25, 0.3) is 0 Å². The van der Waals surface area contributed by atoms with E-state index in [1.807, 2.05) is 0 Å². The van der Waals surface area contributed by atoms with Crippen molar-refractivity contribution >= 4 is 0 Å². The maximum atomic E-state index is 8.94. The molecule has 2 N–H and O–H groups in total. The quantitative estimate of drug-likeness (QED) is 0.658. The predicted octanol–water partition coefficient (Wildman–Crippen LogP) is 1.39. The third kappa shape index (κ3) is 3.11. The van der Waals surface area contributed by atoms with Gasteiger partial charge in [-0.2, -0.15) is 0 Å². The van der Waals surface area contributed by atoms with Gasteiger partial charge >= 0.3 is 0 Å². The fourth-order valence-electron chi connectivity index (χ4n) is 1.94. The summed E-state index contributed by atoms with van der Waals surface area (Å²) in [7, 11) is 0. The Hall–Kier alpha value is -0.0800. The zero-order valence-corrected chi connectivity index (χ0v) is 8.43. The van der Waals surface area contributed by atoms with E-state index in [2.05, 4.69) is 26.1 Å². The molecule has 1 aliphatic rings. The van der Waals surface area contributed by atoms with Crippen molar-refractivity contribution in [1.82, 2.24) is 5.32 Å². The molecule has 1 saturated heterocycles. The van der Waals surface area contributed by atoms with E-state index in [9.17, 15) is 0 Å². The zero-order chi connectivity index (χ0) is 9.19. The van der Waals surface area contributed by atoms with Crippen molar-refractivity contribution in [2.24, 2.45) is 11.3 Å². The second-order valence-corrected chi connectivity index (χ2v) is 5.15. The van der Waals surface area contributed by atoms with Crippen LogP contribution in [0.2, 0.25) is 0 Å². The highest BCUT2D eigenvalue weighted by Gasteiger charge is 2.26. The average molecular weight is 171 g/mol. The van der Waals surface area contributed by atoms with Crippen molar-refractivity contribution in [2.45, 2.75) is 39.7 Å². The summed E-state index contributed by atoms with van der Waals surface area (Å²) in [6.45, 7) is 8.13. The molecule has 0 aromatic carbocycles. The molecule has 12 heavy (non-hydrogen) atoms. The van der Waals surface area contributed by atoms with Gasteiger partial charge in [-0.1, -0.05) is 20.8 Å². The Balaban J connectivity index is 2.28. The molecular formula is C10H21NO. The lowest BCUT2D eigenvalue weighted by molar-refractivity contribution is 0.232. The number of nitrogens with one attached hydrogen (secondary N) is 1.